The highest BCUT2D eigenvalue weighted by Gasteiger charge is 2.34. The fourth-order valence-electron chi connectivity index (χ4n) is 4.12. The molecular formula is C21H28Cl2N4O. The highest BCUT2D eigenvalue weighted by molar-refractivity contribution is 5.95. The molecule has 1 aromatic carbocycles. The minimum absolute atomic E-state index is 0. The summed E-state index contributed by atoms with van der Waals surface area (Å²) >= 11 is 0. The Balaban J connectivity index is 0.00000140. The van der Waals surface area contributed by atoms with Crippen LogP contribution in [0.4, 0.5) is 5.69 Å². The number of fused-ring (bicyclic) bond motifs is 2. The molecule has 28 heavy (non-hydrogen) atoms. The van der Waals surface area contributed by atoms with Gasteiger partial charge in [-0.3, -0.25) is 9.78 Å². The maximum absolute atomic E-state index is 12.7. The van der Waals surface area contributed by atoms with Gasteiger partial charge in [-0.15, -0.1) is 24.8 Å². The smallest absolute Gasteiger partial charge is 0.253 e. The number of amides is 1. The van der Waals surface area contributed by atoms with Crippen molar-refractivity contribution >= 4 is 36.4 Å². The summed E-state index contributed by atoms with van der Waals surface area (Å²) in [6.45, 7) is 0. The molecule has 2 saturated heterocycles. The molecule has 2 N–H and O–H groups in total. The van der Waals surface area contributed by atoms with E-state index >= 15 is 0 Å². The molecular weight excluding hydrogens is 395 g/mol. The van der Waals surface area contributed by atoms with E-state index in [1.807, 2.05) is 26.4 Å². The predicted molar refractivity (Wildman–Crippen MR) is 119 cm³/mol. The number of benzene rings is 1. The van der Waals surface area contributed by atoms with E-state index in [1.54, 1.807) is 6.20 Å². The van der Waals surface area contributed by atoms with Gasteiger partial charge in [0.25, 0.3) is 5.91 Å². The van der Waals surface area contributed by atoms with Crippen molar-refractivity contribution in [1.82, 2.24) is 15.6 Å². The minimum atomic E-state index is -0.0180. The number of hydrogen-bond donors (Lipinski definition) is 2. The highest BCUT2D eigenvalue weighted by Crippen LogP contribution is 2.27. The molecule has 152 valence electrons. The Labute approximate surface area is 179 Å². The Kier molecular flexibility index (Phi) is 7.70. The normalized spacial score (nSPS) is 22.6. The van der Waals surface area contributed by atoms with E-state index in [1.165, 1.54) is 12.8 Å². The van der Waals surface area contributed by atoms with Crippen molar-refractivity contribution in [2.24, 2.45) is 0 Å². The number of nitrogens with zero attached hydrogens (tertiary/aromatic N) is 2. The van der Waals surface area contributed by atoms with Crippen LogP contribution in [0, 0.1) is 0 Å². The van der Waals surface area contributed by atoms with Crippen LogP contribution in [-0.2, 0) is 0 Å². The second-order valence-electron chi connectivity index (χ2n) is 7.68. The van der Waals surface area contributed by atoms with Crippen LogP contribution in [0.2, 0.25) is 0 Å². The number of aromatic nitrogens is 1. The third-order valence-electron chi connectivity index (χ3n) is 5.53. The first-order valence-corrected chi connectivity index (χ1v) is 9.38. The van der Waals surface area contributed by atoms with Crippen molar-refractivity contribution in [3.8, 4) is 11.1 Å². The van der Waals surface area contributed by atoms with Gasteiger partial charge in [-0.05, 0) is 49.4 Å². The zero-order chi connectivity index (χ0) is 18.1. The number of pyridine rings is 1. The monoisotopic (exact) mass is 422 g/mol. The van der Waals surface area contributed by atoms with Crippen LogP contribution in [0.1, 0.15) is 36.0 Å². The molecule has 7 heteroatoms. The Morgan fingerprint density at radius 1 is 1.04 bits per heavy atom. The van der Waals surface area contributed by atoms with E-state index in [-0.39, 0.29) is 36.8 Å². The van der Waals surface area contributed by atoms with Crippen LogP contribution in [-0.4, -0.2) is 43.1 Å². The van der Waals surface area contributed by atoms with Crippen molar-refractivity contribution in [2.45, 2.75) is 43.8 Å². The summed E-state index contributed by atoms with van der Waals surface area (Å²) in [7, 11) is 4.04. The molecule has 3 heterocycles. The molecule has 4 rings (SSSR count). The average molecular weight is 423 g/mol. The van der Waals surface area contributed by atoms with Gasteiger partial charge in [0, 0.05) is 55.9 Å². The van der Waals surface area contributed by atoms with Gasteiger partial charge in [0.2, 0.25) is 0 Å². The third kappa shape index (κ3) is 4.96. The first-order valence-electron chi connectivity index (χ1n) is 9.38. The van der Waals surface area contributed by atoms with Gasteiger partial charge >= 0.3 is 0 Å². The topological polar surface area (TPSA) is 57.3 Å². The summed E-state index contributed by atoms with van der Waals surface area (Å²) in [6, 6.07) is 11.6. The Hall–Kier alpha value is -1.82. The molecule has 0 spiro atoms. The molecule has 2 bridgehead atoms. The van der Waals surface area contributed by atoms with Crippen LogP contribution in [0.15, 0.2) is 42.7 Å². The Morgan fingerprint density at radius 2 is 1.68 bits per heavy atom. The minimum Gasteiger partial charge on any atom is -0.378 e. The second-order valence-corrected chi connectivity index (χ2v) is 7.68. The van der Waals surface area contributed by atoms with Gasteiger partial charge in [-0.2, -0.15) is 0 Å². The lowest BCUT2D eigenvalue weighted by molar-refractivity contribution is 0.0923. The first kappa shape index (κ1) is 22.5. The third-order valence-corrected chi connectivity index (χ3v) is 5.53. The molecule has 2 atom stereocenters. The SMILES string of the molecule is CN(C)c1ccc(-c2cncc(C(=O)NC3CC4CCC(C3)N4)c2)cc1.Cl.Cl. The number of rotatable bonds is 4. The van der Waals surface area contributed by atoms with E-state index in [0.29, 0.717) is 17.6 Å². The van der Waals surface area contributed by atoms with Crippen molar-refractivity contribution in [2.75, 3.05) is 19.0 Å². The van der Waals surface area contributed by atoms with E-state index in [4.69, 9.17) is 0 Å². The fraction of sp³-hybridized carbons (Fsp3) is 0.429. The summed E-state index contributed by atoms with van der Waals surface area (Å²) in [5, 5.41) is 6.82. The molecule has 1 amide bonds. The summed E-state index contributed by atoms with van der Waals surface area (Å²) in [5.41, 5.74) is 3.81. The number of halogens is 2. The largest absolute Gasteiger partial charge is 0.378 e. The van der Waals surface area contributed by atoms with Gasteiger partial charge in [-0.1, -0.05) is 12.1 Å². The number of carbonyl (C=O) groups excluding carboxylic acids is 1. The lowest BCUT2D eigenvalue weighted by atomic mass is 9.99. The molecule has 0 saturated carbocycles. The summed E-state index contributed by atoms with van der Waals surface area (Å²) in [4.78, 5) is 19.1. The van der Waals surface area contributed by atoms with Crippen molar-refractivity contribution in [1.29, 1.82) is 0 Å². The average Bonchev–Trinajstić information content (AvgIpc) is 3.00. The summed E-state index contributed by atoms with van der Waals surface area (Å²) in [6.07, 6.45) is 7.99. The van der Waals surface area contributed by atoms with Gasteiger partial charge in [0.15, 0.2) is 0 Å². The summed E-state index contributed by atoms with van der Waals surface area (Å²) < 4.78 is 0. The number of hydrogen-bond acceptors (Lipinski definition) is 4. The predicted octanol–water partition coefficient (Wildman–Crippen LogP) is 3.67. The maximum atomic E-state index is 12.7. The fourth-order valence-corrected chi connectivity index (χ4v) is 4.12. The second kappa shape index (κ2) is 9.59. The highest BCUT2D eigenvalue weighted by atomic mass is 35.5. The molecule has 2 aromatic rings. The lowest BCUT2D eigenvalue weighted by Crippen LogP contribution is -2.48. The molecule has 1 aromatic heterocycles. The lowest BCUT2D eigenvalue weighted by Gasteiger charge is -2.29. The van der Waals surface area contributed by atoms with Crippen molar-refractivity contribution < 1.29 is 4.79 Å². The van der Waals surface area contributed by atoms with Crippen LogP contribution >= 0.6 is 24.8 Å². The van der Waals surface area contributed by atoms with Crippen LogP contribution in [0.5, 0.6) is 0 Å². The van der Waals surface area contributed by atoms with Crippen LogP contribution < -0.4 is 15.5 Å². The first-order chi connectivity index (χ1) is 12.6. The Bertz CT molecular complexity index is 785. The van der Waals surface area contributed by atoms with Crippen molar-refractivity contribution in [3.63, 3.8) is 0 Å². The summed E-state index contributed by atoms with van der Waals surface area (Å²) in [5.74, 6) is -0.0180. The van der Waals surface area contributed by atoms with Crippen LogP contribution in [0.25, 0.3) is 11.1 Å². The van der Waals surface area contributed by atoms with Crippen molar-refractivity contribution in [3.05, 3.63) is 48.3 Å². The number of carbonyl (C=O) groups is 1. The maximum Gasteiger partial charge on any atom is 0.253 e. The van der Waals surface area contributed by atoms with E-state index in [2.05, 4.69) is 44.8 Å². The molecule has 2 fully saturated rings. The molecule has 2 aliphatic heterocycles. The van der Waals surface area contributed by atoms with Gasteiger partial charge in [0.05, 0.1) is 5.56 Å². The quantitative estimate of drug-likeness (QED) is 0.788. The standard InChI is InChI=1S/C21H26N4O.2ClH/c1-25(2)20-7-3-14(4-8-20)15-9-16(13-22-12-15)21(26)24-19-10-17-5-6-18(11-19)23-17;;/h3-4,7-9,12-13,17-19,23H,5-6,10-11H2,1-2H3,(H,24,26);2*1H. The number of nitrogens with one attached hydrogen (secondary N) is 2. The molecule has 2 unspecified atom stereocenters. The molecule has 2 aliphatic rings. The zero-order valence-electron chi connectivity index (χ0n) is 16.2. The van der Waals surface area contributed by atoms with Gasteiger partial charge < -0.3 is 15.5 Å². The Morgan fingerprint density at radius 3 is 2.29 bits per heavy atom. The van der Waals surface area contributed by atoms with E-state index < -0.39 is 0 Å². The number of anilines is 1. The zero-order valence-corrected chi connectivity index (χ0v) is 17.9. The van der Waals surface area contributed by atoms with E-state index in [9.17, 15) is 4.79 Å². The molecule has 5 nitrogen and oxygen atoms in total. The van der Waals surface area contributed by atoms with E-state index in [0.717, 1.165) is 29.7 Å². The van der Waals surface area contributed by atoms with Gasteiger partial charge in [0.1, 0.15) is 0 Å². The van der Waals surface area contributed by atoms with Crippen LogP contribution in [0.3, 0.4) is 0 Å². The number of piperidine rings is 1. The van der Waals surface area contributed by atoms with Gasteiger partial charge in [-0.25, -0.2) is 0 Å². The molecule has 0 radical (unpaired) electrons. The molecule has 0 aliphatic carbocycles.